The minimum absolute atomic E-state index is 0.255. The molecule has 16 heavy (non-hydrogen) atoms. The van der Waals surface area contributed by atoms with Gasteiger partial charge in [0.15, 0.2) is 6.29 Å². The minimum atomic E-state index is -0.255. The second-order valence-electron chi connectivity index (χ2n) is 4.02. The molecule has 88 valence electrons. The first-order chi connectivity index (χ1) is 7.56. The number of nitrogens with zero attached hydrogens (tertiary/aromatic N) is 1. The Morgan fingerprint density at radius 2 is 2.12 bits per heavy atom. The van der Waals surface area contributed by atoms with E-state index in [1.807, 2.05) is 19.9 Å². The number of carbonyl (C=O) groups excluding carboxylic acids is 2. The molecule has 0 atom stereocenters. The highest BCUT2D eigenvalue weighted by molar-refractivity contribution is 5.77. The van der Waals surface area contributed by atoms with Crippen LogP contribution in [0.2, 0.25) is 0 Å². The van der Waals surface area contributed by atoms with Crippen LogP contribution in [0.25, 0.3) is 0 Å². The van der Waals surface area contributed by atoms with Crippen molar-refractivity contribution in [2.24, 2.45) is 5.73 Å². The molecular formula is C12H18N2O2. The van der Waals surface area contributed by atoms with Crippen LogP contribution >= 0.6 is 0 Å². The third-order valence-electron chi connectivity index (χ3n) is 2.79. The van der Waals surface area contributed by atoms with E-state index in [1.165, 1.54) is 0 Å². The van der Waals surface area contributed by atoms with E-state index in [2.05, 4.69) is 4.57 Å². The number of amides is 1. The summed E-state index contributed by atoms with van der Waals surface area (Å²) in [7, 11) is 0. The van der Waals surface area contributed by atoms with Crippen LogP contribution in [0.3, 0.4) is 0 Å². The highest BCUT2D eigenvalue weighted by Crippen LogP contribution is 2.14. The third kappa shape index (κ3) is 2.95. The van der Waals surface area contributed by atoms with Gasteiger partial charge in [0.1, 0.15) is 0 Å². The Labute approximate surface area is 95.4 Å². The summed E-state index contributed by atoms with van der Waals surface area (Å²) in [5.74, 6) is -0.255. The van der Waals surface area contributed by atoms with Gasteiger partial charge in [-0.15, -0.1) is 0 Å². The van der Waals surface area contributed by atoms with Gasteiger partial charge < -0.3 is 10.3 Å². The topological polar surface area (TPSA) is 65.1 Å². The lowest BCUT2D eigenvalue weighted by atomic mass is 10.2. The molecule has 1 amide bonds. The fourth-order valence-corrected chi connectivity index (χ4v) is 1.86. The van der Waals surface area contributed by atoms with Crippen molar-refractivity contribution in [3.8, 4) is 0 Å². The Balaban J connectivity index is 2.56. The van der Waals surface area contributed by atoms with Crippen molar-refractivity contribution in [3.05, 3.63) is 23.0 Å². The molecule has 1 aromatic heterocycles. The molecule has 0 aliphatic rings. The zero-order chi connectivity index (χ0) is 12.1. The van der Waals surface area contributed by atoms with Gasteiger partial charge in [-0.2, -0.15) is 0 Å². The number of unbranched alkanes of at least 4 members (excludes halogenated alkanes) is 1. The maximum atomic E-state index is 10.7. The molecule has 4 heteroatoms. The predicted octanol–water partition coefficient (Wildman–Crippen LogP) is 1.57. The SMILES string of the molecule is Cc1cc(C=O)c(C)n1CCCCC(N)=O. The molecule has 0 unspecified atom stereocenters. The van der Waals surface area contributed by atoms with Crippen molar-refractivity contribution in [2.75, 3.05) is 0 Å². The quantitative estimate of drug-likeness (QED) is 0.586. The second-order valence-corrected chi connectivity index (χ2v) is 4.02. The fraction of sp³-hybridized carbons (Fsp3) is 0.500. The number of nitrogens with two attached hydrogens (primary N) is 1. The lowest BCUT2D eigenvalue weighted by Crippen LogP contribution is -2.10. The average Bonchev–Trinajstić information content (AvgIpc) is 2.50. The molecule has 1 heterocycles. The van der Waals surface area contributed by atoms with Crippen LogP contribution in [-0.4, -0.2) is 16.8 Å². The Bertz CT molecular complexity index is 394. The van der Waals surface area contributed by atoms with Gasteiger partial charge in [-0.05, 0) is 32.8 Å². The van der Waals surface area contributed by atoms with E-state index in [0.29, 0.717) is 6.42 Å². The monoisotopic (exact) mass is 222 g/mol. The van der Waals surface area contributed by atoms with E-state index >= 15 is 0 Å². The van der Waals surface area contributed by atoms with Crippen molar-refractivity contribution >= 4 is 12.2 Å². The van der Waals surface area contributed by atoms with Crippen molar-refractivity contribution < 1.29 is 9.59 Å². The van der Waals surface area contributed by atoms with Gasteiger partial charge in [-0.3, -0.25) is 9.59 Å². The van der Waals surface area contributed by atoms with Gasteiger partial charge >= 0.3 is 0 Å². The summed E-state index contributed by atoms with van der Waals surface area (Å²) >= 11 is 0. The summed E-state index contributed by atoms with van der Waals surface area (Å²) in [6, 6.07) is 1.89. The molecule has 1 aromatic rings. The standard InChI is InChI=1S/C12H18N2O2/c1-9-7-11(8-15)10(2)14(9)6-4-3-5-12(13)16/h7-8H,3-6H2,1-2H3,(H2,13,16). The lowest BCUT2D eigenvalue weighted by molar-refractivity contribution is -0.118. The predicted molar refractivity (Wildman–Crippen MR) is 62.3 cm³/mol. The van der Waals surface area contributed by atoms with Gasteiger partial charge in [-0.25, -0.2) is 0 Å². The molecule has 2 N–H and O–H groups in total. The zero-order valence-electron chi connectivity index (χ0n) is 9.82. The van der Waals surface area contributed by atoms with E-state index in [9.17, 15) is 9.59 Å². The van der Waals surface area contributed by atoms with Crippen LogP contribution in [0, 0.1) is 13.8 Å². The van der Waals surface area contributed by atoms with E-state index in [4.69, 9.17) is 5.73 Å². The number of aromatic nitrogens is 1. The van der Waals surface area contributed by atoms with E-state index < -0.39 is 0 Å². The Morgan fingerprint density at radius 1 is 1.44 bits per heavy atom. The number of rotatable bonds is 6. The summed E-state index contributed by atoms with van der Waals surface area (Å²) in [6.45, 7) is 4.75. The maximum absolute atomic E-state index is 10.7. The maximum Gasteiger partial charge on any atom is 0.217 e. The molecule has 1 rings (SSSR count). The zero-order valence-corrected chi connectivity index (χ0v) is 9.82. The lowest BCUT2D eigenvalue weighted by Gasteiger charge is -2.08. The normalized spacial score (nSPS) is 10.4. The summed E-state index contributed by atoms with van der Waals surface area (Å²) in [4.78, 5) is 21.3. The van der Waals surface area contributed by atoms with E-state index in [-0.39, 0.29) is 5.91 Å². The highest BCUT2D eigenvalue weighted by atomic mass is 16.1. The molecule has 0 saturated carbocycles. The average molecular weight is 222 g/mol. The molecule has 0 fully saturated rings. The third-order valence-corrected chi connectivity index (χ3v) is 2.79. The molecule has 0 bridgehead atoms. The fourth-order valence-electron chi connectivity index (χ4n) is 1.86. The molecule has 0 spiro atoms. The van der Waals surface area contributed by atoms with Gasteiger partial charge in [-0.1, -0.05) is 0 Å². The van der Waals surface area contributed by atoms with Crippen molar-refractivity contribution in [1.82, 2.24) is 4.57 Å². The first-order valence-corrected chi connectivity index (χ1v) is 5.46. The largest absolute Gasteiger partial charge is 0.370 e. The van der Waals surface area contributed by atoms with Crippen LogP contribution in [-0.2, 0) is 11.3 Å². The number of hydrogen-bond donors (Lipinski definition) is 1. The van der Waals surface area contributed by atoms with Crippen LogP contribution in [0.15, 0.2) is 6.07 Å². The van der Waals surface area contributed by atoms with Crippen LogP contribution < -0.4 is 5.73 Å². The Kier molecular flexibility index (Phi) is 4.28. The van der Waals surface area contributed by atoms with Gasteiger partial charge in [0.05, 0.1) is 0 Å². The van der Waals surface area contributed by atoms with Crippen molar-refractivity contribution in [1.29, 1.82) is 0 Å². The number of primary amides is 1. The van der Waals surface area contributed by atoms with Crippen LogP contribution in [0.1, 0.15) is 41.0 Å². The van der Waals surface area contributed by atoms with Crippen molar-refractivity contribution in [2.45, 2.75) is 39.7 Å². The number of aldehydes is 1. The Hall–Kier alpha value is -1.58. The second kappa shape index (κ2) is 5.49. The van der Waals surface area contributed by atoms with Gasteiger partial charge in [0, 0.05) is 29.9 Å². The number of aryl methyl sites for hydroxylation is 1. The molecule has 0 aromatic carbocycles. The first kappa shape index (κ1) is 12.5. The molecular weight excluding hydrogens is 204 g/mol. The summed E-state index contributed by atoms with van der Waals surface area (Å²) in [5, 5.41) is 0. The van der Waals surface area contributed by atoms with E-state index in [1.54, 1.807) is 0 Å². The molecule has 4 nitrogen and oxygen atoms in total. The number of hydrogen-bond acceptors (Lipinski definition) is 2. The van der Waals surface area contributed by atoms with Gasteiger partial charge in [0.25, 0.3) is 0 Å². The first-order valence-electron chi connectivity index (χ1n) is 5.46. The smallest absolute Gasteiger partial charge is 0.217 e. The molecule has 0 saturated heterocycles. The van der Waals surface area contributed by atoms with Gasteiger partial charge in [0.2, 0.25) is 5.91 Å². The summed E-state index contributed by atoms with van der Waals surface area (Å²) in [6.07, 6.45) is 3.00. The van der Waals surface area contributed by atoms with Crippen LogP contribution in [0.4, 0.5) is 0 Å². The molecule has 0 radical (unpaired) electrons. The summed E-state index contributed by atoms with van der Waals surface area (Å²) < 4.78 is 2.10. The summed E-state index contributed by atoms with van der Waals surface area (Å²) in [5.41, 5.74) is 7.88. The highest BCUT2D eigenvalue weighted by Gasteiger charge is 2.07. The minimum Gasteiger partial charge on any atom is -0.370 e. The molecule has 0 aliphatic heterocycles. The van der Waals surface area contributed by atoms with Crippen molar-refractivity contribution in [3.63, 3.8) is 0 Å². The molecule has 0 aliphatic carbocycles. The van der Waals surface area contributed by atoms with E-state index in [0.717, 1.165) is 42.6 Å². The van der Waals surface area contributed by atoms with Crippen LogP contribution in [0.5, 0.6) is 0 Å². The number of carbonyl (C=O) groups is 2. The Morgan fingerprint density at radius 3 is 2.62 bits per heavy atom.